The SMILES string of the molecule is C=CC(=O)N1CCC(N=CC(=CN)c2nc(-c3ccc4c(c3)CCC(O)C4)c3ccsc3c2-c2ccc(F)cc2OCCOC)C1. The van der Waals surface area contributed by atoms with E-state index in [0.717, 1.165) is 51.7 Å². The molecule has 8 nitrogen and oxygen atoms in total. The molecule has 3 N–H and O–H groups in total. The summed E-state index contributed by atoms with van der Waals surface area (Å²) in [4.78, 5) is 24.0. The first-order chi connectivity index (χ1) is 22.4. The normalized spacial score (nSPS) is 18.3. The summed E-state index contributed by atoms with van der Waals surface area (Å²) in [5.74, 6) is -0.154. The van der Waals surface area contributed by atoms with E-state index >= 15 is 0 Å². The van der Waals surface area contributed by atoms with Crippen molar-refractivity contribution >= 4 is 39.1 Å². The number of carbonyl (C=O) groups is 1. The van der Waals surface area contributed by atoms with Crippen LogP contribution in [0.2, 0.25) is 0 Å². The number of fused-ring (bicyclic) bond motifs is 2. The molecule has 46 heavy (non-hydrogen) atoms. The largest absolute Gasteiger partial charge is 0.490 e. The van der Waals surface area contributed by atoms with E-state index in [1.807, 2.05) is 5.38 Å². The fourth-order valence-electron chi connectivity index (χ4n) is 6.21. The van der Waals surface area contributed by atoms with E-state index in [1.54, 1.807) is 35.6 Å². The average molecular weight is 641 g/mol. The topological polar surface area (TPSA) is 110 Å². The van der Waals surface area contributed by atoms with Crippen molar-refractivity contribution in [2.24, 2.45) is 10.7 Å². The van der Waals surface area contributed by atoms with E-state index in [2.05, 4.69) is 30.8 Å². The van der Waals surface area contributed by atoms with Crippen molar-refractivity contribution in [2.45, 2.75) is 37.8 Å². The van der Waals surface area contributed by atoms with Gasteiger partial charge in [0, 0.05) is 71.0 Å². The molecular weight excluding hydrogens is 603 g/mol. The van der Waals surface area contributed by atoms with Crippen LogP contribution in [0.15, 0.2) is 71.7 Å². The Bertz CT molecular complexity index is 1830. The molecule has 1 amide bonds. The van der Waals surface area contributed by atoms with Crippen LogP contribution in [0, 0.1) is 5.82 Å². The highest BCUT2D eigenvalue weighted by Crippen LogP contribution is 2.45. The number of likely N-dealkylation sites (tertiary alicyclic amines) is 1. The van der Waals surface area contributed by atoms with E-state index < -0.39 is 5.82 Å². The van der Waals surface area contributed by atoms with Gasteiger partial charge in [-0.2, -0.15) is 0 Å². The fourth-order valence-corrected chi connectivity index (χ4v) is 7.16. The lowest BCUT2D eigenvalue weighted by atomic mass is 9.87. The van der Waals surface area contributed by atoms with Gasteiger partial charge in [-0.1, -0.05) is 18.7 Å². The first-order valence-electron chi connectivity index (χ1n) is 15.4. The second-order valence-corrected chi connectivity index (χ2v) is 12.5. The molecule has 2 unspecified atom stereocenters. The number of ether oxygens (including phenoxy) is 2. The molecule has 3 heterocycles. The molecule has 0 bridgehead atoms. The summed E-state index contributed by atoms with van der Waals surface area (Å²) in [6.45, 7) is 5.29. The number of amides is 1. The van der Waals surface area contributed by atoms with Crippen LogP contribution >= 0.6 is 11.3 Å². The summed E-state index contributed by atoms with van der Waals surface area (Å²) < 4.78 is 26.8. The number of aliphatic hydroxyl groups is 1. The summed E-state index contributed by atoms with van der Waals surface area (Å²) in [6.07, 6.45) is 7.12. The van der Waals surface area contributed by atoms with Gasteiger partial charge in [-0.3, -0.25) is 9.79 Å². The Balaban J connectivity index is 1.51. The zero-order valence-electron chi connectivity index (χ0n) is 25.7. The number of pyridine rings is 1. The number of aliphatic imine (C=N–C) groups is 1. The quantitative estimate of drug-likeness (QED) is 0.129. The van der Waals surface area contributed by atoms with E-state index in [0.29, 0.717) is 48.7 Å². The second-order valence-electron chi connectivity index (χ2n) is 11.5. The van der Waals surface area contributed by atoms with Gasteiger partial charge in [0.05, 0.1) is 30.1 Å². The Morgan fingerprint density at radius 1 is 1.22 bits per heavy atom. The number of carbonyl (C=O) groups excluding carboxylic acids is 1. The van der Waals surface area contributed by atoms with Gasteiger partial charge in [-0.05, 0) is 72.5 Å². The van der Waals surface area contributed by atoms with Crippen LogP contribution in [0.3, 0.4) is 0 Å². The highest BCUT2D eigenvalue weighted by molar-refractivity contribution is 7.18. The molecule has 2 aromatic carbocycles. The Morgan fingerprint density at radius 3 is 2.89 bits per heavy atom. The second kappa shape index (κ2) is 13.9. The van der Waals surface area contributed by atoms with Crippen LogP contribution in [-0.2, 0) is 22.4 Å². The summed E-state index contributed by atoms with van der Waals surface area (Å²) in [5, 5.41) is 13.2. The number of hydrogen-bond donors (Lipinski definition) is 2. The van der Waals surface area contributed by atoms with Crippen LogP contribution in [0.25, 0.3) is 38.0 Å². The molecule has 1 aliphatic heterocycles. The number of nitrogens with two attached hydrogens (primary N) is 1. The molecule has 0 radical (unpaired) electrons. The first-order valence-corrected chi connectivity index (χ1v) is 16.3. The van der Waals surface area contributed by atoms with Crippen molar-refractivity contribution in [1.29, 1.82) is 0 Å². The monoisotopic (exact) mass is 640 g/mol. The Kier molecular flexibility index (Phi) is 9.58. The molecule has 1 saturated heterocycles. The highest BCUT2D eigenvalue weighted by atomic mass is 32.1. The van der Waals surface area contributed by atoms with Crippen molar-refractivity contribution in [3.63, 3.8) is 0 Å². The lowest BCUT2D eigenvalue weighted by molar-refractivity contribution is -0.125. The highest BCUT2D eigenvalue weighted by Gasteiger charge is 2.26. The van der Waals surface area contributed by atoms with Gasteiger partial charge in [-0.15, -0.1) is 11.3 Å². The predicted molar refractivity (Wildman–Crippen MR) is 182 cm³/mol. The minimum atomic E-state index is -0.417. The van der Waals surface area contributed by atoms with Crippen molar-refractivity contribution in [2.75, 3.05) is 33.4 Å². The summed E-state index contributed by atoms with van der Waals surface area (Å²) in [5.41, 5.74) is 13.0. The van der Waals surface area contributed by atoms with E-state index in [1.165, 1.54) is 30.0 Å². The smallest absolute Gasteiger partial charge is 0.246 e. The third kappa shape index (κ3) is 6.46. The van der Waals surface area contributed by atoms with Crippen molar-refractivity contribution in [1.82, 2.24) is 9.88 Å². The number of benzene rings is 2. The molecule has 2 aromatic heterocycles. The van der Waals surface area contributed by atoms with Gasteiger partial charge in [-0.25, -0.2) is 9.37 Å². The lowest BCUT2D eigenvalue weighted by Crippen LogP contribution is -2.27. The van der Waals surface area contributed by atoms with Crippen molar-refractivity contribution in [3.05, 3.63) is 89.3 Å². The van der Waals surface area contributed by atoms with Gasteiger partial charge >= 0.3 is 0 Å². The van der Waals surface area contributed by atoms with Gasteiger partial charge in [0.2, 0.25) is 5.91 Å². The number of rotatable bonds is 10. The minimum Gasteiger partial charge on any atom is -0.490 e. The molecule has 10 heteroatoms. The third-order valence-corrected chi connectivity index (χ3v) is 9.51. The number of methoxy groups -OCH3 is 1. The maximum atomic E-state index is 14.6. The number of nitrogens with zero attached hydrogens (tertiary/aromatic N) is 3. The first kappa shape index (κ1) is 31.6. The number of aromatic nitrogens is 1. The lowest BCUT2D eigenvalue weighted by Gasteiger charge is -2.22. The standard InChI is InChI=1S/C36H37FN4O4S/c1-3-32(43)41-12-10-27(21-41)39-20-25(19-38)35-33(29-9-7-26(37)18-31(29)45-14-13-44-2)36-30(11-15-46-36)34(40-35)24-5-4-23-17-28(42)8-6-22(23)16-24/h3-5,7,9,11,15-16,18-20,27-28,42H,1,6,8,10,12-14,17,21,38H2,2H3. The van der Waals surface area contributed by atoms with Crippen LogP contribution in [0.1, 0.15) is 29.7 Å². The summed E-state index contributed by atoms with van der Waals surface area (Å²) in [6, 6.07) is 12.8. The van der Waals surface area contributed by atoms with Crippen LogP contribution in [0.4, 0.5) is 4.39 Å². The molecule has 6 rings (SSSR count). The van der Waals surface area contributed by atoms with E-state index in [4.69, 9.17) is 25.2 Å². The Morgan fingerprint density at radius 2 is 2.09 bits per heavy atom. The molecular formula is C36H37FN4O4S. The number of hydrogen-bond acceptors (Lipinski definition) is 8. The molecule has 0 spiro atoms. The third-order valence-electron chi connectivity index (χ3n) is 8.58. The minimum absolute atomic E-state index is 0.0954. The number of aryl methyl sites for hydroxylation is 1. The van der Waals surface area contributed by atoms with Crippen LogP contribution in [-0.4, -0.2) is 72.7 Å². The zero-order valence-corrected chi connectivity index (χ0v) is 26.6. The Hall–Kier alpha value is -4.38. The van der Waals surface area contributed by atoms with Crippen LogP contribution < -0.4 is 10.5 Å². The molecule has 1 fully saturated rings. The molecule has 2 aliphatic rings. The van der Waals surface area contributed by atoms with E-state index in [-0.39, 0.29) is 24.7 Å². The number of aliphatic hydroxyl groups excluding tert-OH is 1. The van der Waals surface area contributed by atoms with E-state index in [9.17, 15) is 14.3 Å². The maximum Gasteiger partial charge on any atom is 0.246 e. The van der Waals surface area contributed by atoms with Gasteiger partial charge < -0.3 is 25.2 Å². The predicted octanol–water partition coefficient (Wildman–Crippen LogP) is 5.80. The summed E-state index contributed by atoms with van der Waals surface area (Å²) >= 11 is 1.57. The number of allylic oxidation sites excluding steroid dienone is 1. The molecule has 1 aliphatic carbocycles. The molecule has 2 atom stereocenters. The van der Waals surface area contributed by atoms with Crippen molar-refractivity contribution in [3.8, 4) is 28.1 Å². The number of thiophene rings is 1. The Labute approximate surface area is 271 Å². The average Bonchev–Trinajstić information content (AvgIpc) is 3.75. The van der Waals surface area contributed by atoms with Gasteiger partial charge in [0.15, 0.2) is 0 Å². The van der Waals surface area contributed by atoms with Crippen molar-refractivity contribution < 1.29 is 23.8 Å². The number of halogens is 1. The summed E-state index contributed by atoms with van der Waals surface area (Å²) in [7, 11) is 1.59. The molecule has 4 aromatic rings. The zero-order chi connectivity index (χ0) is 32.2. The molecule has 0 saturated carbocycles. The molecule has 238 valence electrons. The maximum absolute atomic E-state index is 14.6. The van der Waals surface area contributed by atoms with Gasteiger partial charge in [0.25, 0.3) is 0 Å². The fraction of sp³-hybridized carbons (Fsp3) is 0.306. The van der Waals surface area contributed by atoms with Crippen LogP contribution in [0.5, 0.6) is 5.75 Å². The van der Waals surface area contributed by atoms with Gasteiger partial charge in [0.1, 0.15) is 18.2 Å².